The summed E-state index contributed by atoms with van der Waals surface area (Å²) in [4.78, 5) is 26.1. The van der Waals surface area contributed by atoms with Gasteiger partial charge in [0, 0.05) is 45.3 Å². The minimum absolute atomic E-state index is 0.0168. The van der Waals surface area contributed by atoms with Crippen LogP contribution < -0.4 is 0 Å². The SMILES string of the molecule is Cc1nn(C)c(C)c1CCC(=O)N1CCCN(C(=O)C(F)(F)F)CC1. The van der Waals surface area contributed by atoms with Crippen molar-refractivity contribution in [3.8, 4) is 0 Å². The Morgan fingerprint density at radius 1 is 1.08 bits per heavy atom. The summed E-state index contributed by atoms with van der Waals surface area (Å²) in [6, 6.07) is 0. The van der Waals surface area contributed by atoms with E-state index in [-0.39, 0.29) is 32.0 Å². The van der Waals surface area contributed by atoms with Crippen molar-refractivity contribution in [2.45, 2.75) is 39.3 Å². The molecule has 140 valence electrons. The van der Waals surface area contributed by atoms with Gasteiger partial charge in [0.1, 0.15) is 0 Å². The molecule has 0 aromatic carbocycles. The molecule has 1 aromatic rings. The number of carbonyl (C=O) groups is 2. The van der Waals surface area contributed by atoms with Gasteiger partial charge in [0.25, 0.3) is 0 Å². The van der Waals surface area contributed by atoms with Gasteiger partial charge in [-0.25, -0.2) is 0 Å². The monoisotopic (exact) mass is 360 g/mol. The summed E-state index contributed by atoms with van der Waals surface area (Å²) in [6.07, 6.45) is -3.69. The first kappa shape index (κ1) is 19.3. The van der Waals surface area contributed by atoms with Crippen LogP contribution in [0.1, 0.15) is 29.8 Å². The molecular formula is C16H23F3N4O2. The quantitative estimate of drug-likeness (QED) is 0.823. The highest BCUT2D eigenvalue weighted by molar-refractivity contribution is 5.82. The summed E-state index contributed by atoms with van der Waals surface area (Å²) in [6.45, 7) is 4.25. The van der Waals surface area contributed by atoms with E-state index < -0.39 is 12.1 Å². The molecule has 0 atom stereocenters. The largest absolute Gasteiger partial charge is 0.471 e. The molecule has 0 unspecified atom stereocenters. The van der Waals surface area contributed by atoms with E-state index in [1.165, 1.54) is 0 Å². The number of carbonyl (C=O) groups excluding carboxylic acids is 2. The third-order valence-corrected chi connectivity index (χ3v) is 4.63. The predicted octanol–water partition coefficient (Wildman–Crippen LogP) is 1.59. The summed E-state index contributed by atoms with van der Waals surface area (Å²) in [7, 11) is 1.84. The van der Waals surface area contributed by atoms with Gasteiger partial charge in [-0.05, 0) is 32.3 Å². The normalized spacial score (nSPS) is 16.1. The van der Waals surface area contributed by atoms with Gasteiger partial charge in [0.05, 0.1) is 5.69 Å². The van der Waals surface area contributed by atoms with Crippen molar-refractivity contribution < 1.29 is 22.8 Å². The first-order valence-electron chi connectivity index (χ1n) is 8.24. The Morgan fingerprint density at radius 3 is 2.24 bits per heavy atom. The van der Waals surface area contributed by atoms with E-state index in [0.29, 0.717) is 19.4 Å². The van der Waals surface area contributed by atoms with Crippen molar-refractivity contribution in [1.82, 2.24) is 19.6 Å². The van der Waals surface area contributed by atoms with Gasteiger partial charge in [-0.3, -0.25) is 14.3 Å². The van der Waals surface area contributed by atoms with E-state index in [1.807, 2.05) is 20.9 Å². The van der Waals surface area contributed by atoms with E-state index in [1.54, 1.807) is 9.58 Å². The number of amides is 2. The molecule has 0 radical (unpaired) electrons. The second-order valence-electron chi connectivity index (χ2n) is 6.30. The molecule has 25 heavy (non-hydrogen) atoms. The van der Waals surface area contributed by atoms with Gasteiger partial charge in [-0.15, -0.1) is 0 Å². The average Bonchev–Trinajstić information content (AvgIpc) is 2.73. The van der Waals surface area contributed by atoms with Crippen molar-refractivity contribution in [2.75, 3.05) is 26.2 Å². The van der Waals surface area contributed by atoms with Gasteiger partial charge in [0.15, 0.2) is 0 Å². The zero-order valence-corrected chi connectivity index (χ0v) is 14.7. The van der Waals surface area contributed by atoms with Crippen LogP contribution in [-0.4, -0.2) is 63.7 Å². The predicted molar refractivity (Wildman–Crippen MR) is 84.8 cm³/mol. The molecule has 9 heteroatoms. The summed E-state index contributed by atoms with van der Waals surface area (Å²) in [5.74, 6) is -1.94. The Hall–Kier alpha value is -2.06. The Balaban J connectivity index is 1.92. The minimum Gasteiger partial charge on any atom is -0.341 e. The number of aromatic nitrogens is 2. The lowest BCUT2D eigenvalue weighted by Crippen LogP contribution is -2.43. The van der Waals surface area contributed by atoms with Gasteiger partial charge < -0.3 is 9.80 Å². The highest BCUT2D eigenvalue weighted by Gasteiger charge is 2.42. The summed E-state index contributed by atoms with van der Waals surface area (Å²) in [5.41, 5.74) is 2.91. The number of aryl methyl sites for hydroxylation is 2. The molecule has 1 aromatic heterocycles. The van der Waals surface area contributed by atoms with Crippen LogP contribution in [0.5, 0.6) is 0 Å². The molecule has 6 nitrogen and oxygen atoms in total. The molecule has 1 aliphatic heterocycles. The smallest absolute Gasteiger partial charge is 0.341 e. The first-order chi connectivity index (χ1) is 11.6. The van der Waals surface area contributed by atoms with E-state index in [0.717, 1.165) is 21.9 Å². The zero-order chi connectivity index (χ0) is 18.8. The molecule has 1 saturated heterocycles. The van der Waals surface area contributed by atoms with Gasteiger partial charge in [-0.2, -0.15) is 18.3 Å². The second-order valence-corrected chi connectivity index (χ2v) is 6.30. The molecule has 0 N–H and O–H groups in total. The first-order valence-corrected chi connectivity index (χ1v) is 8.24. The summed E-state index contributed by atoms with van der Waals surface area (Å²) < 4.78 is 39.4. The molecule has 2 rings (SSSR count). The lowest BCUT2D eigenvalue weighted by molar-refractivity contribution is -0.185. The van der Waals surface area contributed by atoms with Crippen LogP contribution in [-0.2, 0) is 23.1 Å². The summed E-state index contributed by atoms with van der Waals surface area (Å²) in [5, 5.41) is 4.31. The molecular weight excluding hydrogens is 337 g/mol. The van der Waals surface area contributed by atoms with E-state index in [2.05, 4.69) is 5.10 Å². The number of halogens is 3. The fraction of sp³-hybridized carbons (Fsp3) is 0.688. The maximum absolute atomic E-state index is 12.5. The number of alkyl halides is 3. The maximum atomic E-state index is 12.5. The van der Waals surface area contributed by atoms with Crippen molar-refractivity contribution in [2.24, 2.45) is 7.05 Å². The van der Waals surface area contributed by atoms with Crippen LogP contribution >= 0.6 is 0 Å². The molecule has 2 amide bonds. The van der Waals surface area contributed by atoms with E-state index in [9.17, 15) is 22.8 Å². The van der Waals surface area contributed by atoms with Crippen molar-refractivity contribution in [1.29, 1.82) is 0 Å². The van der Waals surface area contributed by atoms with Crippen molar-refractivity contribution >= 4 is 11.8 Å². The molecule has 2 heterocycles. The van der Waals surface area contributed by atoms with Gasteiger partial charge >= 0.3 is 12.1 Å². The fourth-order valence-corrected chi connectivity index (χ4v) is 3.12. The van der Waals surface area contributed by atoms with E-state index in [4.69, 9.17) is 0 Å². The van der Waals surface area contributed by atoms with Crippen LogP contribution in [0.3, 0.4) is 0 Å². The molecule has 1 aliphatic rings. The molecule has 0 aliphatic carbocycles. The molecule has 0 bridgehead atoms. The number of hydrogen-bond donors (Lipinski definition) is 0. The second kappa shape index (κ2) is 7.45. The lowest BCUT2D eigenvalue weighted by Gasteiger charge is -2.23. The Morgan fingerprint density at radius 2 is 1.68 bits per heavy atom. The minimum atomic E-state index is -4.87. The van der Waals surface area contributed by atoms with Crippen LogP contribution in [0.2, 0.25) is 0 Å². The standard InChI is InChI=1S/C16H23F3N4O2/c1-11-13(12(2)21(3)20-11)5-6-14(24)22-7-4-8-23(10-9-22)15(25)16(17,18)19/h4-10H2,1-3H3. The van der Waals surface area contributed by atoms with Crippen molar-refractivity contribution in [3.63, 3.8) is 0 Å². The molecule has 0 saturated carbocycles. The Kier molecular flexibility index (Phi) is 5.74. The Bertz CT molecular complexity index is 655. The summed E-state index contributed by atoms with van der Waals surface area (Å²) >= 11 is 0. The number of nitrogens with zero attached hydrogens (tertiary/aromatic N) is 4. The van der Waals surface area contributed by atoms with Gasteiger partial charge in [0.2, 0.25) is 5.91 Å². The zero-order valence-electron chi connectivity index (χ0n) is 14.7. The van der Waals surface area contributed by atoms with Gasteiger partial charge in [-0.1, -0.05) is 0 Å². The third kappa shape index (κ3) is 4.52. The highest BCUT2D eigenvalue weighted by atomic mass is 19.4. The third-order valence-electron chi connectivity index (χ3n) is 4.63. The Labute approximate surface area is 144 Å². The van der Waals surface area contributed by atoms with E-state index >= 15 is 0 Å². The number of hydrogen-bond acceptors (Lipinski definition) is 3. The molecule has 1 fully saturated rings. The molecule has 0 spiro atoms. The van der Waals surface area contributed by atoms with Crippen LogP contribution in [0.15, 0.2) is 0 Å². The lowest BCUT2D eigenvalue weighted by atomic mass is 10.1. The number of rotatable bonds is 3. The average molecular weight is 360 g/mol. The van der Waals surface area contributed by atoms with Crippen LogP contribution in [0, 0.1) is 13.8 Å². The van der Waals surface area contributed by atoms with Crippen LogP contribution in [0.4, 0.5) is 13.2 Å². The topological polar surface area (TPSA) is 58.4 Å². The fourth-order valence-electron chi connectivity index (χ4n) is 3.12. The highest BCUT2D eigenvalue weighted by Crippen LogP contribution is 2.20. The van der Waals surface area contributed by atoms with Crippen molar-refractivity contribution in [3.05, 3.63) is 17.0 Å². The maximum Gasteiger partial charge on any atom is 0.471 e. The van der Waals surface area contributed by atoms with Crippen LogP contribution in [0.25, 0.3) is 0 Å².